The number of carboxylic acids is 1. The van der Waals surface area contributed by atoms with Gasteiger partial charge < -0.3 is 14.7 Å². The number of aryl methyl sites for hydroxylation is 1. The number of nitrogens with zero attached hydrogens (tertiary/aromatic N) is 1. The number of rotatable bonds is 5. The topological polar surface area (TPSA) is 66.8 Å². The Labute approximate surface area is 211 Å². The SMILES string of the molecule is COc1ccccc1CC(=O)N1C[C@H]2[C@]3(c4cccc(C)c4)CC[C@@H](c4ccccc43)[C@@]2(C(=O)O)C1. The fraction of sp³-hybridized carbons (Fsp3) is 0.355. The standard InChI is InChI=1S/C31H31NO4/c1-20-8-7-10-22(16-20)30-15-14-25(23-11-4-5-12-24(23)30)31(29(34)35)19-32(18-27(30)31)28(33)17-21-9-3-6-13-26(21)36-2/h3-13,16,25,27H,14-15,17-19H2,1-2H3,(H,34,35)/t25-,27-,30-,31-/m0/s1. The zero-order valence-electron chi connectivity index (χ0n) is 20.7. The summed E-state index contributed by atoms with van der Waals surface area (Å²) in [5.41, 5.74) is 4.10. The summed E-state index contributed by atoms with van der Waals surface area (Å²) in [4.78, 5) is 28.8. The van der Waals surface area contributed by atoms with Gasteiger partial charge in [-0.25, -0.2) is 0 Å². The van der Waals surface area contributed by atoms with Crippen LogP contribution in [-0.2, 0) is 21.4 Å². The minimum atomic E-state index is -1.01. The first-order chi connectivity index (χ1) is 17.4. The third kappa shape index (κ3) is 3.01. The molecule has 2 bridgehead atoms. The van der Waals surface area contributed by atoms with E-state index in [-0.39, 0.29) is 30.7 Å². The molecule has 4 aliphatic rings. The lowest BCUT2D eigenvalue weighted by atomic mass is 9.42. The third-order valence-corrected chi connectivity index (χ3v) is 9.16. The van der Waals surface area contributed by atoms with Crippen LogP contribution in [0.25, 0.3) is 0 Å². The highest BCUT2D eigenvalue weighted by molar-refractivity contribution is 5.85. The van der Waals surface area contributed by atoms with Crippen molar-refractivity contribution in [3.05, 3.63) is 101 Å². The fourth-order valence-electron chi connectivity index (χ4n) is 7.69. The number of hydrogen-bond donors (Lipinski definition) is 1. The number of para-hydroxylation sites is 1. The Balaban J connectivity index is 1.48. The van der Waals surface area contributed by atoms with E-state index in [9.17, 15) is 14.7 Å². The number of carboxylic acid groups (broad SMARTS) is 1. The largest absolute Gasteiger partial charge is 0.496 e. The summed E-state index contributed by atoms with van der Waals surface area (Å²) in [6, 6.07) is 24.5. The molecule has 3 aromatic rings. The van der Waals surface area contributed by atoms with Crippen molar-refractivity contribution in [1.82, 2.24) is 4.90 Å². The lowest BCUT2D eigenvalue weighted by Crippen LogP contribution is -2.60. The molecular weight excluding hydrogens is 450 g/mol. The van der Waals surface area contributed by atoms with E-state index in [1.807, 2.05) is 35.2 Å². The average Bonchev–Trinajstić information content (AvgIpc) is 3.33. The molecule has 3 aliphatic carbocycles. The summed E-state index contributed by atoms with van der Waals surface area (Å²) in [6.07, 6.45) is 1.90. The highest BCUT2D eigenvalue weighted by Gasteiger charge is 2.70. The second-order valence-corrected chi connectivity index (χ2v) is 10.7. The number of amides is 1. The maximum absolute atomic E-state index is 13.7. The van der Waals surface area contributed by atoms with Gasteiger partial charge in [0.25, 0.3) is 0 Å². The highest BCUT2D eigenvalue weighted by Crippen LogP contribution is 2.69. The van der Waals surface area contributed by atoms with Crippen LogP contribution in [0.15, 0.2) is 72.8 Å². The van der Waals surface area contributed by atoms with Crippen molar-refractivity contribution in [2.45, 2.75) is 37.5 Å². The van der Waals surface area contributed by atoms with Crippen LogP contribution in [0.4, 0.5) is 0 Å². The van der Waals surface area contributed by atoms with E-state index in [0.29, 0.717) is 12.3 Å². The quantitative estimate of drug-likeness (QED) is 0.560. The van der Waals surface area contributed by atoms with Gasteiger partial charge in [0.2, 0.25) is 5.91 Å². The molecule has 3 aromatic carbocycles. The number of likely N-dealkylation sites (tertiary alicyclic amines) is 1. The van der Waals surface area contributed by atoms with Crippen molar-refractivity contribution < 1.29 is 19.4 Å². The normalized spacial score (nSPS) is 27.9. The Kier molecular flexibility index (Phi) is 5.22. The first-order valence-electron chi connectivity index (χ1n) is 12.7. The Morgan fingerprint density at radius 1 is 1.06 bits per heavy atom. The molecule has 1 saturated heterocycles. The lowest BCUT2D eigenvalue weighted by Gasteiger charge is -2.59. The van der Waals surface area contributed by atoms with Crippen LogP contribution in [-0.4, -0.2) is 42.1 Å². The molecule has 184 valence electrons. The van der Waals surface area contributed by atoms with Gasteiger partial charge in [0, 0.05) is 35.9 Å². The zero-order valence-corrected chi connectivity index (χ0v) is 20.7. The van der Waals surface area contributed by atoms with Gasteiger partial charge in [-0.15, -0.1) is 0 Å². The molecule has 1 heterocycles. The molecule has 1 aliphatic heterocycles. The number of carbonyl (C=O) groups is 2. The van der Waals surface area contributed by atoms with Crippen molar-refractivity contribution in [1.29, 1.82) is 0 Å². The Bertz CT molecular complexity index is 1370. The van der Waals surface area contributed by atoms with E-state index in [2.05, 4.69) is 49.4 Å². The fourth-order valence-corrected chi connectivity index (χ4v) is 7.69. The van der Waals surface area contributed by atoms with Crippen LogP contribution < -0.4 is 4.74 Å². The number of ether oxygens (including phenoxy) is 1. The third-order valence-electron chi connectivity index (χ3n) is 9.16. The molecule has 0 spiro atoms. The van der Waals surface area contributed by atoms with Crippen LogP contribution >= 0.6 is 0 Å². The molecule has 5 nitrogen and oxygen atoms in total. The summed E-state index contributed by atoms with van der Waals surface area (Å²) >= 11 is 0. The van der Waals surface area contributed by atoms with E-state index >= 15 is 0 Å². The predicted octanol–water partition coefficient (Wildman–Crippen LogP) is 4.95. The van der Waals surface area contributed by atoms with Gasteiger partial charge in [-0.1, -0.05) is 72.3 Å². The molecule has 5 heteroatoms. The second kappa shape index (κ2) is 8.22. The molecule has 2 fully saturated rings. The molecule has 1 saturated carbocycles. The van der Waals surface area contributed by atoms with Crippen molar-refractivity contribution >= 4 is 11.9 Å². The van der Waals surface area contributed by atoms with Crippen molar-refractivity contribution in [3.63, 3.8) is 0 Å². The summed E-state index contributed by atoms with van der Waals surface area (Å²) in [5, 5.41) is 10.9. The Morgan fingerprint density at radius 2 is 1.83 bits per heavy atom. The summed E-state index contributed by atoms with van der Waals surface area (Å²) in [6.45, 7) is 2.77. The van der Waals surface area contributed by atoms with E-state index in [0.717, 1.165) is 29.5 Å². The van der Waals surface area contributed by atoms with Gasteiger partial charge in [-0.05, 0) is 42.5 Å². The molecular formula is C31H31NO4. The van der Waals surface area contributed by atoms with Gasteiger partial charge in [-0.2, -0.15) is 0 Å². The Hall–Kier alpha value is -3.60. The number of fused-ring (bicyclic) bond motifs is 1. The van der Waals surface area contributed by atoms with Gasteiger partial charge in [0.15, 0.2) is 0 Å². The minimum Gasteiger partial charge on any atom is -0.496 e. The molecule has 7 rings (SSSR count). The van der Waals surface area contributed by atoms with E-state index < -0.39 is 16.8 Å². The molecule has 0 unspecified atom stereocenters. The van der Waals surface area contributed by atoms with Gasteiger partial charge in [0.1, 0.15) is 5.75 Å². The van der Waals surface area contributed by atoms with E-state index in [4.69, 9.17) is 4.74 Å². The number of hydrogen-bond acceptors (Lipinski definition) is 3. The smallest absolute Gasteiger partial charge is 0.312 e. The molecule has 36 heavy (non-hydrogen) atoms. The van der Waals surface area contributed by atoms with E-state index in [1.54, 1.807) is 7.11 Å². The van der Waals surface area contributed by atoms with Crippen molar-refractivity contribution in [2.24, 2.45) is 11.3 Å². The maximum Gasteiger partial charge on any atom is 0.312 e. The number of methoxy groups -OCH3 is 1. The number of benzene rings is 3. The Morgan fingerprint density at radius 3 is 2.61 bits per heavy atom. The molecule has 4 atom stereocenters. The molecule has 1 N–H and O–H groups in total. The number of aliphatic carboxylic acids is 1. The van der Waals surface area contributed by atoms with Gasteiger partial charge >= 0.3 is 5.97 Å². The molecule has 0 aromatic heterocycles. The van der Waals surface area contributed by atoms with Crippen LogP contribution in [0.5, 0.6) is 5.75 Å². The lowest BCUT2D eigenvalue weighted by molar-refractivity contribution is -0.157. The van der Waals surface area contributed by atoms with Crippen LogP contribution in [0.2, 0.25) is 0 Å². The average molecular weight is 482 g/mol. The predicted molar refractivity (Wildman–Crippen MR) is 137 cm³/mol. The van der Waals surface area contributed by atoms with Crippen molar-refractivity contribution in [3.8, 4) is 5.75 Å². The van der Waals surface area contributed by atoms with E-state index in [1.165, 1.54) is 11.1 Å². The zero-order chi connectivity index (χ0) is 25.1. The molecule has 0 radical (unpaired) electrons. The van der Waals surface area contributed by atoms with Crippen LogP contribution in [0, 0.1) is 18.3 Å². The van der Waals surface area contributed by atoms with Gasteiger partial charge in [-0.3, -0.25) is 9.59 Å². The summed E-state index contributed by atoms with van der Waals surface area (Å²) in [5.74, 6) is -0.445. The number of carbonyl (C=O) groups excluding carboxylic acids is 1. The van der Waals surface area contributed by atoms with Gasteiger partial charge in [0.05, 0.1) is 18.9 Å². The maximum atomic E-state index is 13.7. The minimum absolute atomic E-state index is 0.0441. The first-order valence-corrected chi connectivity index (χ1v) is 12.7. The second-order valence-electron chi connectivity index (χ2n) is 10.7. The molecule has 1 amide bonds. The highest BCUT2D eigenvalue weighted by atomic mass is 16.5. The monoisotopic (exact) mass is 481 g/mol. The summed E-state index contributed by atoms with van der Waals surface area (Å²) in [7, 11) is 1.60. The van der Waals surface area contributed by atoms with Crippen molar-refractivity contribution in [2.75, 3.05) is 20.2 Å². The first kappa shape index (κ1) is 22.8. The van der Waals surface area contributed by atoms with Crippen LogP contribution in [0.3, 0.4) is 0 Å². The van der Waals surface area contributed by atoms with Crippen LogP contribution in [0.1, 0.15) is 46.6 Å². The summed E-state index contributed by atoms with van der Waals surface area (Å²) < 4.78 is 5.47.